The van der Waals surface area contributed by atoms with E-state index in [4.69, 9.17) is 5.73 Å². The van der Waals surface area contributed by atoms with Gasteiger partial charge in [-0.3, -0.25) is 9.59 Å². The highest BCUT2D eigenvalue weighted by molar-refractivity contribution is 6.00. The minimum atomic E-state index is -0.428. The molecule has 0 bridgehead atoms. The van der Waals surface area contributed by atoms with Gasteiger partial charge in [-0.1, -0.05) is 6.92 Å². The largest absolute Gasteiger partial charge is 0.371 e. The average Bonchev–Trinajstić information content (AvgIpc) is 2.53. The van der Waals surface area contributed by atoms with Gasteiger partial charge in [0.05, 0.1) is 11.3 Å². The molecule has 0 spiro atoms. The molecule has 1 unspecified atom stereocenters. The van der Waals surface area contributed by atoms with Gasteiger partial charge in [0, 0.05) is 24.7 Å². The molecule has 0 aliphatic carbocycles. The van der Waals surface area contributed by atoms with Crippen LogP contribution in [-0.4, -0.2) is 38.0 Å². The van der Waals surface area contributed by atoms with Crippen LogP contribution in [0.25, 0.3) is 0 Å². The lowest BCUT2D eigenvalue weighted by molar-refractivity contribution is -0.121. The number of halogens is 1. The molecule has 2 aliphatic rings. The van der Waals surface area contributed by atoms with Gasteiger partial charge in [-0.25, -0.2) is 0 Å². The maximum Gasteiger partial charge on any atom is 0.250 e. The summed E-state index contributed by atoms with van der Waals surface area (Å²) in [6.45, 7) is 5.59. The van der Waals surface area contributed by atoms with Gasteiger partial charge in [-0.2, -0.15) is 0 Å². The van der Waals surface area contributed by atoms with Crippen LogP contribution in [0.3, 0.4) is 0 Å². The summed E-state index contributed by atoms with van der Waals surface area (Å²) < 4.78 is 0. The van der Waals surface area contributed by atoms with Gasteiger partial charge in [0.25, 0.3) is 5.91 Å². The van der Waals surface area contributed by atoms with Crippen molar-refractivity contribution in [3.63, 3.8) is 0 Å². The SMILES string of the molecule is CC(C(=O)Nc1ccc(C(N)=O)c(N2CCCCC2)c1)C1CNC1.Cl. The van der Waals surface area contributed by atoms with E-state index in [9.17, 15) is 9.59 Å². The quantitative estimate of drug-likeness (QED) is 0.743. The Balaban J connectivity index is 0.00000225. The highest BCUT2D eigenvalue weighted by Gasteiger charge is 2.29. The molecule has 2 amide bonds. The number of rotatable bonds is 5. The molecule has 2 heterocycles. The van der Waals surface area contributed by atoms with E-state index in [0.29, 0.717) is 11.5 Å². The van der Waals surface area contributed by atoms with Crippen LogP contribution in [0.2, 0.25) is 0 Å². The standard InChI is InChI=1S/C18H26N4O2.ClH/c1-12(13-10-20-11-13)18(24)21-14-5-6-15(17(19)23)16(9-14)22-7-3-2-4-8-22;/h5-6,9,12-13,20H,2-4,7-8,10-11H2,1H3,(H2,19,23)(H,21,24);1H. The van der Waals surface area contributed by atoms with Crippen LogP contribution in [0.15, 0.2) is 18.2 Å². The van der Waals surface area contributed by atoms with Crippen molar-refractivity contribution < 1.29 is 9.59 Å². The third kappa shape index (κ3) is 4.44. The van der Waals surface area contributed by atoms with Crippen molar-refractivity contribution in [2.75, 3.05) is 36.4 Å². The first-order valence-electron chi connectivity index (χ1n) is 8.76. The number of nitrogens with zero attached hydrogens (tertiary/aromatic N) is 1. The molecule has 1 atom stereocenters. The number of amides is 2. The number of nitrogens with one attached hydrogen (secondary N) is 2. The smallest absolute Gasteiger partial charge is 0.250 e. The fourth-order valence-corrected chi connectivity index (χ4v) is 3.35. The normalized spacial score (nSPS) is 18.7. The Morgan fingerprint density at radius 1 is 1.24 bits per heavy atom. The van der Waals surface area contributed by atoms with E-state index < -0.39 is 5.91 Å². The number of carbonyl (C=O) groups excluding carboxylic acids is 2. The van der Waals surface area contributed by atoms with Crippen molar-refractivity contribution in [3.8, 4) is 0 Å². The van der Waals surface area contributed by atoms with Crippen molar-refractivity contribution >= 4 is 35.6 Å². The average molecular weight is 367 g/mol. The highest BCUT2D eigenvalue weighted by atomic mass is 35.5. The van der Waals surface area contributed by atoms with Crippen molar-refractivity contribution in [2.24, 2.45) is 17.6 Å². The summed E-state index contributed by atoms with van der Waals surface area (Å²) in [4.78, 5) is 26.3. The van der Waals surface area contributed by atoms with Crippen LogP contribution in [-0.2, 0) is 4.79 Å². The lowest BCUT2D eigenvalue weighted by atomic mass is 9.88. The first-order valence-corrected chi connectivity index (χ1v) is 8.76. The molecule has 0 saturated carbocycles. The number of carbonyl (C=O) groups is 2. The molecule has 1 aromatic carbocycles. The molecule has 2 fully saturated rings. The Bertz CT molecular complexity index is 628. The van der Waals surface area contributed by atoms with Crippen molar-refractivity contribution in [1.82, 2.24) is 5.32 Å². The van der Waals surface area contributed by atoms with Gasteiger partial charge < -0.3 is 21.3 Å². The predicted octanol–water partition coefficient (Wildman–Crippen LogP) is 1.99. The second-order valence-corrected chi connectivity index (χ2v) is 6.84. The molecule has 25 heavy (non-hydrogen) atoms. The van der Waals surface area contributed by atoms with E-state index in [-0.39, 0.29) is 24.2 Å². The summed E-state index contributed by atoms with van der Waals surface area (Å²) in [7, 11) is 0. The minimum absolute atomic E-state index is 0. The zero-order valence-electron chi connectivity index (χ0n) is 14.6. The molecule has 2 aliphatic heterocycles. The van der Waals surface area contributed by atoms with Crippen LogP contribution in [0.1, 0.15) is 36.5 Å². The van der Waals surface area contributed by atoms with Crippen LogP contribution in [0.4, 0.5) is 11.4 Å². The first-order chi connectivity index (χ1) is 11.6. The Morgan fingerprint density at radius 2 is 1.92 bits per heavy atom. The van der Waals surface area contributed by atoms with Gasteiger partial charge in [0.1, 0.15) is 0 Å². The molecule has 0 aromatic heterocycles. The monoisotopic (exact) mass is 366 g/mol. The third-order valence-corrected chi connectivity index (χ3v) is 5.16. The summed E-state index contributed by atoms with van der Waals surface area (Å²) in [5, 5.41) is 6.19. The van der Waals surface area contributed by atoms with Crippen LogP contribution in [0, 0.1) is 11.8 Å². The molecule has 7 heteroatoms. The number of nitrogens with two attached hydrogens (primary N) is 1. The van der Waals surface area contributed by atoms with Gasteiger partial charge in [-0.05, 0) is 56.5 Å². The number of piperidine rings is 1. The van der Waals surface area contributed by atoms with E-state index >= 15 is 0 Å². The van der Waals surface area contributed by atoms with Crippen LogP contribution < -0.4 is 21.3 Å². The maximum absolute atomic E-state index is 12.4. The lowest BCUT2D eigenvalue weighted by Crippen LogP contribution is -2.48. The molecule has 2 saturated heterocycles. The summed E-state index contributed by atoms with van der Waals surface area (Å²) >= 11 is 0. The highest BCUT2D eigenvalue weighted by Crippen LogP contribution is 2.28. The topological polar surface area (TPSA) is 87.5 Å². The maximum atomic E-state index is 12.4. The van der Waals surface area contributed by atoms with Crippen molar-refractivity contribution in [3.05, 3.63) is 23.8 Å². The van der Waals surface area contributed by atoms with E-state index in [0.717, 1.165) is 50.4 Å². The van der Waals surface area contributed by atoms with E-state index in [1.165, 1.54) is 6.42 Å². The molecular weight excluding hydrogens is 340 g/mol. The fourth-order valence-electron chi connectivity index (χ4n) is 3.35. The molecule has 6 nitrogen and oxygen atoms in total. The Kier molecular flexibility index (Phi) is 6.67. The Labute approximate surface area is 154 Å². The van der Waals surface area contributed by atoms with Crippen LogP contribution in [0.5, 0.6) is 0 Å². The first kappa shape index (κ1) is 19.5. The zero-order valence-corrected chi connectivity index (χ0v) is 15.4. The van der Waals surface area contributed by atoms with Gasteiger partial charge in [0.2, 0.25) is 5.91 Å². The summed E-state index contributed by atoms with van der Waals surface area (Å²) in [5.41, 5.74) is 7.60. The number of benzene rings is 1. The van der Waals surface area contributed by atoms with E-state index in [1.54, 1.807) is 12.1 Å². The van der Waals surface area contributed by atoms with Crippen molar-refractivity contribution in [2.45, 2.75) is 26.2 Å². The molecule has 3 rings (SSSR count). The van der Waals surface area contributed by atoms with Gasteiger partial charge in [0.15, 0.2) is 0 Å². The van der Waals surface area contributed by atoms with Gasteiger partial charge in [-0.15, -0.1) is 12.4 Å². The second-order valence-electron chi connectivity index (χ2n) is 6.84. The fraction of sp³-hybridized carbons (Fsp3) is 0.556. The van der Waals surface area contributed by atoms with Crippen LogP contribution >= 0.6 is 12.4 Å². The summed E-state index contributed by atoms with van der Waals surface area (Å²) in [6, 6.07) is 5.36. The second kappa shape index (κ2) is 8.54. The lowest BCUT2D eigenvalue weighted by Gasteiger charge is -2.32. The number of anilines is 2. The third-order valence-electron chi connectivity index (χ3n) is 5.16. The molecule has 4 N–H and O–H groups in total. The Hall–Kier alpha value is -1.79. The Morgan fingerprint density at radius 3 is 2.48 bits per heavy atom. The summed E-state index contributed by atoms with van der Waals surface area (Å²) in [6.07, 6.45) is 3.44. The van der Waals surface area contributed by atoms with Gasteiger partial charge >= 0.3 is 0 Å². The summed E-state index contributed by atoms with van der Waals surface area (Å²) in [5.74, 6) is -0.0303. The van der Waals surface area contributed by atoms with Crippen molar-refractivity contribution in [1.29, 1.82) is 0 Å². The molecule has 0 radical (unpaired) electrons. The molecule has 138 valence electrons. The molecular formula is C18H27ClN4O2. The predicted molar refractivity (Wildman–Crippen MR) is 102 cm³/mol. The van der Waals surface area contributed by atoms with E-state index in [2.05, 4.69) is 15.5 Å². The number of primary amides is 1. The van der Waals surface area contributed by atoms with E-state index in [1.807, 2.05) is 13.0 Å². The number of hydrogen-bond donors (Lipinski definition) is 3. The number of hydrogen-bond acceptors (Lipinski definition) is 4. The molecule has 1 aromatic rings. The minimum Gasteiger partial charge on any atom is -0.371 e. The zero-order chi connectivity index (χ0) is 17.1.